The first-order valence-corrected chi connectivity index (χ1v) is 19.7. The molecule has 0 aliphatic heterocycles. The molecule has 3 aromatic heterocycles. The van der Waals surface area contributed by atoms with Crippen LogP contribution in [0.2, 0.25) is 0 Å². The molecule has 0 atom stereocenters. The molecule has 2 nitrogen and oxygen atoms in total. The lowest BCUT2D eigenvalue weighted by Gasteiger charge is -2.12. The van der Waals surface area contributed by atoms with E-state index in [2.05, 4.69) is 203 Å². The van der Waals surface area contributed by atoms with Gasteiger partial charge in [0.2, 0.25) is 0 Å². The molecule has 256 valence electrons. The Kier molecular flexibility index (Phi) is 6.54. The lowest BCUT2D eigenvalue weighted by Crippen LogP contribution is -1.94. The third-order valence-electron chi connectivity index (χ3n) is 11.5. The van der Waals surface area contributed by atoms with Crippen LogP contribution in [0.3, 0.4) is 0 Å². The fourth-order valence-electron chi connectivity index (χ4n) is 9.00. The van der Waals surface area contributed by atoms with Crippen LogP contribution in [-0.2, 0) is 0 Å². The molecule has 0 radical (unpaired) electrons. The molecule has 9 aromatic carbocycles. The Morgan fingerprint density at radius 1 is 0.309 bits per heavy atom. The largest absolute Gasteiger partial charge is 0.309 e. The lowest BCUT2D eigenvalue weighted by atomic mass is 9.99. The van der Waals surface area contributed by atoms with Crippen molar-refractivity contribution in [3.8, 4) is 33.6 Å². The molecule has 0 aliphatic rings. The number of benzene rings is 9. The monoisotopic (exact) mass is 716 g/mol. The van der Waals surface area contributed by atoms with E-state index in [0.29, 0.717) is 0 Å². The lowest BCUT2D eigenvalue weighted by molar-refractivity contribution is 1.18. The molecule has 0 spiro atoms. The summed E-state index contributed by atoms with van der Waals surface area (Å²) in [5.74, 6) is 0. The summed E-state index contributed by atoms with van der Waals surface area (Å²) in [5, 5.41) is 10.2. The first kappa shape index (κ1) is 30.5. The number of rotatable bonds is 4. The van der Waals surface area contributed by atoms with Crippen molar-refractivity contribution in [2.24, 2.45) is 0 Å². The Morgan fingerprint density at radius 3 is 1.60 bits per heavy atom. The zero-order valence-corrected chi connectivity index (χ0v) is 30.6. The predicted octanol–water partition coefficient (Wildman–Crippen LogP) is 14.7. The van der Waals surface area contributed by atoms with Crippen molar-refractivity contribution in [1.82, 2.24) is 9.13 Å². The van der Waals surface area contributed by atoms with Crippen LogP contribution >= 0.6 is 11.3 Å². The molecule has 0 bridgehead atoms. The highest BCUT2D eigenvalue weighted by Crippen LogP contribution is 2.42. The number of nitrogens with zero attached hydrogens (tertiary/aromatic N) is 2. The molecule has 3 heterocycles. The number of hydrogen-bond donors (Lipinski definition) is 0. The van der Waals surface area contributed by atoms with Crippen LogP contribution in [0.5, 0.6) is 0 Å². The number of fused-ring (bicyclic) bond motifs is 10. The Balaban J connectivity index is 1.01. The molecule has 0 unspecified atom stereocenters. The van der Waals surface area contributed by atoms with Gasteiger partial charge in [0.25, 0.3) is 0 Å². The summed E-state index contributed by atoms with van der Waals surface area (Å²) in [4.78, 5) is 0. The molecule has 0 amide bonds. The van der Waals surface area contributed by atoms with Gasteiger partial charge in [0, 0.05) is 53.1 Å². The average Bonchev–Trinajstić information content (AvgIpc) is 3.91. The summed E-state index contributed by atoms with van der Waals surface area (Å²) in [5.41, 5.74) is 12.1. The van der Waals surface area contributed by atoms with E-state index in [1.807, 2.05) is 11.3 Å². The summed E-state index contributed by atoms with van der Waals surface area (Å²) in [7, 11) is 0. The van der Waals surface area contributed by atoms with E-state index in [1.165, 1.54) is 102 Å². The van der Waals surface area contributed by atoms with Crippen molar-refractivity contribution in [1.29, 1.82) is 0 Å². The number of para-hydroxylation sites is 2. The Bertz CT molecular complexity index is 3500. The van der Waals surface area contributed by atoms with E-state index < -0.39 is 0 Å². The van der Waals surface area contributed by atoms with Gasteiger partial charge < -0.3 is 9.13 Å². The van der Waals surface area contributed by atoms with Gasteiger partial charge in [-0.1, -0.05) is 121 Å². The minimum Gasteiger partial charge on any atom is -0.309 e. The highest BCUT2D eigenvalue weighted by Gasteiger charge is 2.17. The molecule has 55 heavy (non-hydrogen) atoms. The molecular weight excluding hydrogens is 685 g/mol. The average molecular weight is 717 g/mol. The third-order valence-corrected chi connectivity index (χ3v) is 12.6. The standard InChI is InChI=1S/C52H32N2S/c1-2-12-34-29-39(26-23-33(34)11-1)54-47-20-7-4-16-42(47)45-32-36(25-28-49(45)54)35-24-27-48-44(31-35)41-15-3-6-19-46(41)53(48)38-14-9-13-37(30-38)40-18-10-22-51-52(40)43-17-5-8-21-50(43)55-51/h1-32H. The summed E-state index contributed by atoms with van der Waals surface area (Å²) in [6, 6.07) is 71.5. The van der Waals surface area contributed by atoms with E-state index in [1.54, 1.807) is 0 Å². The maximum Gasteiger partial charge on any atom is 0.0541 e. The second kappa shape index (κ2) is 11.8. The summed E-state index contributed by atoms with van der Waals surface area (Å²) < 4.78 is 7.50. The van der Waals surface area contributed by atoms with E-state index >= 15 is 0 Å². The maximum absolute atomic E-state index is 2.43. The van der Waals surface area contributed by atoms with Crippen molar-refractivity contribution in [2.75, 3.05) is 0 Å². The zero-order valence-electron chi connectivity index (χ0n) is 29.8. The summed E-state index contributed by atoms with van der Waals surface area (Å²) in [6.07, 6.45) is 0. The Labute approximate surface area is 321 Å². The minimum atomic E-state index is 1.16. The Hall–Kier alpha value is -6.94. The van der Waals surface area contributed by atoms with Crippen LogP contribution in [-0.4, -0.2) is 9.13 Å². The van der Waals surface area contributed by atoms with Crippen molar-refractivity contribution < 1.29 is 0 Å². The highest BCUT2D eigenvalue weighted by atomic mass is 32.1. The maximum atomic E-state index is 2.43. The fourth-order valence-corrected chi connectivity index (χ4v) is 10.1. The molecule has 12 aromatic rings. The molecule has 12 rings (SSSR count). The van der Waals surface area contributed by atoms with Gasteiger partial charge in [-0.25, -0.2) is 0 Å². The highest BCUT2D eigenvalue weighted by molar-refractivity contribution is 7.25. The van der Waals surface area contributed by atoms with Crippen LogP contribution in [0.15, 0.2) is 194 Å². The van der Waals surface area contributed by atoms with Crippen LogP contribution in [0.1, 0.15) is 0 Å². The van der Waals surface area contributed by atoms with Crippen LogP contribution < -0.4 is 0 Å². The number of thiophene rings is 1. The third kappa shape index (κ3) is 4.60. The van der Waals surface area contributed by atoms with E-state index in [9.17, 15) is 0 Å². The normalized spacial score (nSPS) is 12.0. The molecule has 0 N–H and O–H groups in total. The van der Waals surface area contributed by atoms with Crippen molar-refractivity contribution in [3.63, 3.8) is 0 Å². The predicted molar refractivity (Wildman–Crippen MR) is 236 cm³/mol. The van der Waals surface area contributed by atoms with Gasteiger partial charge in [0.15, 0.2) is 0 Å². The molecule has 0 aliphatic carbocycles. The smallest absolute Gasteiger partial charge is 0.0541 e. The van der Waals surface area contributed by atoms with E-state index in [0.717, 1.165) is 5.69 Å². The first-order chi connectivity index (χ1) is 27.3. The number of aromatic nitrogens is 2. The second-order valence-electron chi connectivity index (χ2n) is 14.5. The van der Waals surface area contributed by atoms with Gasteiger partial charge in [-0.15, -0.1) is 11.3 Å². The van der Waals surface area contributed by atoms with Crippen LogP contribution in [0.4, 0.5) is 0 Å². The topological polar surface area (TPSA) is 9.86 Å². The van der Waals surface area contributed by atoms with Gasteiger partial charge in [0.1, 0.15) is 0 Å². The second-order valence-corrected chi connectivity index (χ2v) is 15.6. The van der Waals surface area contributed by atoms with Gasteiger partial charge >= 0.3 is 0 Å². The molecule has 0 saturated carbocycles. The van der Waals surface area contributed by atoms with E-state index in [-0.39, 0.29) is 0 Å². The minimum absolute atomic E-state index is 1.16. The van der Waals surface area contributed by atoms with Gasteiger partial charge in [-0.05, 0) is 106 Å². The molecular formula is C52H32N2S. The first-order valence-electron chi connectivity index (χ1n) is 18.8. The zero-order chi connectivity index (χ0) is 36.0. The molecule has 0 saturated heterocycles. The fraction of sp³-hybridized carbons (Fsp3) is 0. The molecule has 0 fully saturated rings. The van der Waals surface area contributed by atoms with Crippen molar-refractivity contribution >= 4 is 85.9 Å². The van der Waals surface area contributed by atoms with Gasteiger partial charge in [0.05, 0.1) is 22.1 Å². The van der Waals surface area contributed by atoms with Gasteiger partial charge in [-0.3, -0.25) is 0 Å². The van der Waals surface area contributed by atoms with Crippen LogP contribution in [0.25, 0.3) is 108 Å². The SMILES string of the molecule is c1cc(-c2cccc3sc4ccccc4c23)cc(-n2c3ccccc3c3cc(-c4ccc5c(c4)c4ccccc4n5-c4ccc5ccccc5c4)ccc32)c1. The van der Waals surface area contributed by atoms with Crippen LogP contribution in [0, 0.1) is 0 Å². The van der Waals surface area contributed by atoms with Gasteiger partial charge in [-0.2, -0.15) is 0 Å². The summed E-state index contributed by atoms with van der Waals surface area (Å²) >= 11 is 1.87. The Morgan fingerprint density at radius 2 is 0.873 bits per heavy atom. The summed E-state index contributed by atoms with van der Waals surface area (Å²) in [6.45, 7) is 0. The number of hydrogen-bond acceptors (Lipinski definition) is 1. The van der Waals surface area contributed by atoms with E-state index in [4.69, 9.17) is 0 Å². The van der Waals surface area contributed by atoms with Crippen molar-refractivity contribution in [2.45, 2.75) is 0 Å². The van der Waals surface area contributed by atoms with Crippen molar-refractivity contribution in [3.05, 3.63) is 194 Å². The molecule has 3 heteroatoms. The quantitative estimate of drug-likeness (QED) is 0.172.